The SMILES string of the molecule is CCC1=C(C(=N)N)C=CC(c2cnc(OCC3(C(=O)OC(C)(C)C)CCC3)cc2C)=CC1. The Bertz CT molecular complexity index is 992. The number of amidine groups is 1. The molecule has 3 rings (SSSR count). The fourth-order valence-corrected chi connectivity index (χ4v) is 4.04. The molecule has 1 heterocycles. The van der Waals surface area contributed by atoms with Crippen molar-refractivity contribution in [3.05, 3.63) is 52.8 Å². The minimum atomic E-state index is -0.570. The Balaban J connectivity index is 1.72. The molecule has 0 spiro atoms. The van der Waals surface area contributed by atoms with Crippen LogP contribution in [0.1, 0.15) is 70.9 Å². The van der Waals surface area contributed by atoms with Crippen LogP contribution in [-0.2, 0) is 9.53 Å². The average molecular weight is 438 g/mol. The quantitative estimate of drug-likeness (QED) is 0.344. The van der Waals surface area contributed by atoms with Crippen molar-refractivity contribution in [2.45, 2.75) is 72.3 Å². The van der Waals surface area contributed by atoms with Gasteiger partial charge in [-0.3, -0.25) is 10.2 Å². The largest absolute Gasteiger partial charge is 0.476 e. The maximum absolute atomic E-state index is 12.7. The molecule has 1 aromatic rings. The van der Waals surface area contributed by atoms with Crippen LogP contribution in [0.3, 0.4) is 0 Å². The topological polar surface area (TPSA) is 98.3 Å². The van der Waals surface area contributed by atoms with E-state index in [2.05, 4.69) is 18.0 Å². The van der Waals surface area contributed by atoms with Crippen molar-refractivity contribution >= 4 is 17.4 Å². The zero-order valence-electron chi connectivity index (χ0n) is 19.9. The number of nitrogens with one attached hydrogen (secondary N) is 1. The third kappa shape index (κ3) is 5.29. The van der Waals surface area contributed by atoms with Gasteiger partial charge < -0.3 is 15.2 Å². The number of nitrogens with two attached hydrogens (primary N) is 1. The molecule has 0 aromatic carbocycles. The van der Waals surface area contributed by atoms with Gasteiger partial charge in [0.25, 0.3) is 0 Å². The van der Waals surface area contributed by atoms with Crippen LogP contribution >= 0.6 is 0 Å². The summed E-state index contributed by atoms with van der Waals surface area (Å²) < 4.78 is 11.6. The molecule has 1 fully saturated rings. The highest BCUT2D eigenvalue weighted by atomic mass is 16.6. The van der Waals surface area contributed by atoms with E-state index in [9.17, 15) is 4.79 Å². The highest BCUT2D eigenvalue weighted by molar-refractivity contribution is 5.99. The van der Waals surface area contributed by atoms with E-state index in [1.807, 2.05) is 52.1 Å². The van der Waals surface area contributed by atoms with Crippen molar-refractivity contribution in [2.75, 3.05) is 6.61 Å². The van der Waals surface area contributed by atoms with Crippen molar-refractivity contribution in [1.29, 1.82) is 5.41 Å². The lowest BCUT2D eigenvalue weighted by molar-refractivity contribution is -0.176. The molecular weight excluding hydrogens is 402 g/mol. The third-order valence-corrected chi connectivity index (χ3v) is 6.13. The van der Waals surface area contributed by atoms with Crippen LogP contribution in [0.2, 0.25) is 0 Å². The van der Waals surface area contributed by atoms with Crippen LogP contribution in [0.25, 0.3) is 5.57 Å². The van der Waals surface area contributed by atoms with Crippen LogP contribution in [0.15, 0.2) is 41.6 Å². The fraction of sp³-hybridized carbons (Fsp3) is 0.500. The number of aromatic nitrogens is 1. The maximum Gasteiger partial charge on any atom is 0.316 e. The summed E-state index contributed by atoms with van der Waals surface area (Å²) in [5, 5.41) is 7.84. The van der Waals surface area contributed by atoms with Crippen molar-refractivity contribution in [3.63, 3.8) is 0 Å². The molecule has 1 aromatic heterocycles. The van der Waals surface area contributed by atoms with Crippen molar-refractivity contribution in [2.24, 2.45) is 11.1 Å². The van der Waals surface area contributed by atoms with E-state index < -0.39 is 11.0 Å². The molecule has 0 radical (unpaired) electrons. The van der Waals surface area contributed by atoms with E-state index in [1.165, 1.54) is 0 Å². The number of carbonyl (C=O) groups excluding carboxylic acids is 1. The summed E-state index contributed by atoms with van der Waals surface area (Å²) in [5.74, 6) is 0.427. The number of pyridine rings is 1. The Labute approximate surface area is 191 Å². The van der Waals surface area contributed by atoms with Gasteiger partial charge in [0.15, 0.2) is 0 Å². The van der Waals surface area contributed by atoms with Gasteiger partial charge in [-0.05, 0) is 64.5 Å². The molecule has 32 heavy (non-hydrogen) atoms. The van der Waals surface area contributed by atoms with Crippen LogP contribution in [0, 0.1) is 17.7 Å². The first-order valence-electron chi connectivity index (χ1n) is 11.3. The number of rotatable bonds is 7. The van der Waals surface area contributed by atoms with Gasteiger partial charge in [0.2, 0.25) is 5.88 Å². The molecule has 3 N–H and O–H groups in total. The van der Waals surface area contributed by atoms with Gasteiger partial charge in [0.05, 0.1) is 0 Å². The number of ether oxygens (including phenoxy) is 2. The zero-order chi connectivity index (χ0) is 23.5. The monoisotopic (exact) mass is 437 g/mol. The predicted octanol–water partition coefficient (Wildman–Crippen LogP) is 5.27. The summed E-state index contributed by atoms with van der Waals surface area (Å²) in [7, 11) is 0. The van der Waals surface area contributed by atoms with Gasteiger partial charge in [-0.25, -0.2) is 4.98 Å². The molecule has 0 atom stereocenters. The summed E-state index contributed by atoms with van der Waals surface area (Å²) in [6.45, 7) is 10.0. The summed E-state index contributed by atoms with van der Waals surface area (Å²) in [6, 6.07) is 1.91. The molecule has 6 nitrogen and oxygen atoms in total. The average Bonchev–Trinajstić information content (AvgIpc) is 2.88. The van der Waals surface area contributed by atoms with Gasteiger partial charge in [-0.1, -0.05) is 37.1 Å². The number of nitrogens with zero attached hydrogens (tertiary/aromatic N) is 1. The first kappa shape index (κ1) is 23.8. The zero-order valence-corrected chi connectivity index (χ0v) is 19.9. The van der Waals surface area contributed by atoms with E-state index in [0.717, 1.165) is 60.0 Å². The lowest BCUT2D eigenvalue weighted by Gasteiger charge is -2.40. The first-order chi connectivity index (χ1) is 15.0. The molecule has 0 aliphatic heterocycles. The highest BCUT2D eigenvalue weighted by Gasteiger charge is 2.47. The minimum absolute atomic E-state index is 0.0984. The number of allylic oxidation sites excluding steroid dienone is 4. The van der Waals surface area contributed by atoms with E-state index in [0.29, 0.717) is 5.88 Å². The first-order valence-corrected chi connectivity index (χ1v) is 11.3. The Morgan fingerprint density at radius 1 is 1.28 bits per heavy atom. The van der Waals surface area contributed by atoms with Gasteiger partial charge in [-0.15, -0.1) is 0 Å². The minimum Gasteiger partial charge on any atom is -0.476 e. The normalized spacial score (nSPS) is 17.8. The molecule has 1 saturated carbocycles. The van der Waals surface area contributed by atoms with Crippen molar-refractivity contribution in [3.8, 4) is 5.88 Å². The van der Waals surface area contributed by atoms with Crippen LogP contribution in [0.4, 0.5) is 0 Å². The standard InChI is InChI=1S/C26H35N3O3/c1-6-18-8-9-19(10-11-20(18)23(27)28)21-15-29-22(14-17(21)2)31-16-26(12-7-13-26)24(30)32-25(3,4)5/h9-11,14-15H,6-8,12-13,16H2,1-5H3,(H3,27,28). The smallest absolute Gasteiger partial charge is 0.316 e. The molecule has 0 unspecified atom stereocenters. The number of hydrogen-bond donors (Lipinski definition) is 2. The Morgan fingerprint density at radius 3 is 2.53 bits per heavy atom. The van der Waals surface area contributed by atoms with Crippen LogP contribution in [-0.4, -0.2) is 29.0 Å². The van der Waals surface area contributed by atoms with Crippen LogP contribution < -0.4 is 10.5 Å². The van der Waals surface area contributed by atoms with Gasteiger partial charge in [0.1, 0.15) is 23.5 Å². The second kappa shape index (κ2) is 9.31. The Morgan fingerprint density at radius 2 is 2.00 bits per heavy atom. The molecule has 0 bridgehead atoms. The number of carbonyl (C=O) groups is 1. The second-order valence-electron chi connectivity index (χ2n) is 9.74. The lowest BCUT2D eigenvalue weighted by Crippen LogP contribution is -2.46. The number of esters is 1. The summed E-state index contributed by atoms with van der Waals surface area (Å²) in [6.07, 6.45) is 12.1. The molecule has 172 valence electrons. The van der Waals surface area contributed by atoms with E-state index >= 15 is 0 Å². The fourth-order valence-electron chi connectivity index (χ4n) is 4.04. The van der Waals surface area contributed by atoms with E-state index in [1.54, 1.807) is 0 Å². The summed E-state index contributed by atoms with van der Waals surface area (Å²) >= 11 is 0. The molecule has 0 amide bonds. The second-order valence-corrected chi connectivity index (χ2v) is 9.74. The molecule has 2 aliphatic carbocycles. The van der Waals surface area contributed by atoms with Crippen LogP contribution in [0.5, 0.6) is 5.88 Å². The summed E-state index contributed by atoms with van der Waals surface area (Å²) in [5.41, 5.74) is 9.74. The van der Waals surface area contributed by atoms with Gasteiger partial charge in [0, 0.05) is 23.4 Å². The third-order valence-electron chi connectivity index (χ3n) is 6.13. The van der Waals surface area contributed by atoms with E-state index in [4.69, 9.17) is 20.6 Å². The Hall–Kier alpha value is -2.89. The highest BCUT2D eigenvalue weighted by Crippen LogP contribution is 2.43. The van der Waals surface area contributed by atoms with Crippen molar-refractivity contribution in [1.82, 2.24) is 4.98 Å². The van der Waals surface area contributed by atoms with Crippen molar-refractivity contribution < 1.29 is 14.3 Å². The predicted molar refractivity (Wildman–Crippen MR) is 128 cm³/mol. The maximum atomic E-state index is 12.7. The van der Waals surface area contributed by atoms with Gasteiger partial charge >= 0.3 is 5.97 Å². The molecule has 0 saturated heterocycles. The van der Waals surface area contributed by atoms with E-state index in [-0.39, 0.29) is 18.4 Å². The molecule has 6 heteroatoms. The molecular formula is C26H35N3O3. The van der Waals surface area contributed by atoms with Gasteiger partial charge in [-0.2, -0.15) is 0 Å². The summed E-state index contributed by atoms with van der Waals surface area (Å²) in [4.78, 5) is 17.2. The Kier molecular flexibility index (Phi) is 6.91. The number of hydrogen-bond acceptors (Lipinski definition) is 5. The molecule has 2 aliphatic rings. The lowest BCUT2D eigenvalue weighted by atomic mass is 9.69. The number of aryl methyl sites for hydroxylation is 1.